The van der Waals surface area contributed by atoms with Gasteiger partial charge in [0, 0.05) is 6.07 Å². The number of nitro groups is 1. The van der Waals surface area contributed by atoms with E-state index in [4.69, 9.17) is 11.6 Å². The molecule has 0 heterocycles. The second kappa shape index (κ2) is 4.71. The number of nitrogens with zero attached hydrogens (tertiary/aromatic N) is 1. The van der Waals surface area contributed by atoms with Crippen LogP contribution in [0, 0.1) is 10.1 Å². The van der Waals surface area contributed by atoms with E-state index in [9.17, 15) is 19.7 Å². The molecular formula is C9H6ClNO5. The molecule has 0 saturated heterocycles. The van der Waals surface area contributed by atoms with Crippen molar-refractivity contribution in [1.82, 2.24) is 0 Å². The number of methoxy groups -OCH3 is 1. The van der Waals surface area contributed by atoms with E-state index in [1.165, 1.54) is 6.07 Å². The fourth-order valence-corrected chi connectivity index (χ4v) is 1.25. The number of rotatable bonds is 3. The summed E-state index contributed by atoms with van der Waals surface area (Å²) in [6.07, 6.45) is 0. The third-order valence-corrected chi connectivity index (χ3v) is 2.03. The van der Waals surface area contributed by atoms with Gasteiger partial charge in [-0.2, -0.15) is 0 Å². The smallest absolute Gasteiger partial charge is 0.337 e. The summed E-state index contributed by atoms with van der Waals surface area (Å²) in [7, 11) is 1.16. The molecule has 7 heteroatoms. The van der Waals surface area contributed by atoms with Crippen LogP contribution in [0.15, 0.2) is 18.2 Å². The zero-order valence-corrected chi connectivity index (χ0v) is 8.85. The van der Waals surface area contributed by atoms with Gasteiger partial charge in [-0.15, -0.1) is 0 Å². The van der Waals surface area contributed by atoms with Gasteiger partial charge >= 0.3 is 5.97 Å². The van der Waals surface area contributed by atoms with Crippen LogP contribution >= 0.6 is 11.6 Å². The number of carbonyl (C=O) groups is 2. The molecule has 0 N–H and O–H groups in total. The van der Waals surface area contributed by atoms with Crippen LogP contribution in [-0.4, -0.2) is 23.2 Å². The Morgan fingerprint density at radius 1 is 1.44 bits per heavy atom. The van der Waals surface area contributed by atoms with Gasteiger partial charge in [-0.05, 0) is 23.7 Å². The molecule has 0 unspecified atom stereocenters. The Labute approximate surface area is 94.9 Å². The highest BCUT2D eigenvalue weighted by atomic mass is 35.5. The van der Waals surface area contributed by atoms with Crippen molar-refractivity contribution in [3.63, 3.8) is 0 Å². The molecule has 1 rings (SSSR count). The molecule has 0 radical (unpaired) electrons. The van der Waals surface area contributed by atoms with Gasteiger partial charge in [0.2, 0.25) is 0 Å². The number of esters is 1. The summed E-state index contributed by atoms with van der Waals surface area (Å²) in [5.41, 5.74) is -0.765. The van der Waals surface area contributed by atoms with E-state index in [2.05, 4.69) is 4.74 Å². The quantitative estimate of drug-likeness (QED) is 0.349. The minimum atomic E-state index is -1.00. The number of hydrogen-bond acceptors (Lipinski definition) is 5. The lowest BCUT2D eigenvalue weighted by molar-refractivity contribution is -0.385. The molecule has 0 aliphatic carbocycles. The van der Waals surface area contributed by atoms with Gasteiger partial charge in [-0.1, -0.05) is 0 Å². The van der Waals surface area contributed by atoms with Crippen molar-refractivity contribution < 1.29 is 19.2 Å². The number of nitro benzene ring substituents is 1. The van der Waals surface area contributed by atoms with Crippen LogP contribution in [0.3, 0.4) is 0 Å². The molecule has 6 nitrogen and oxygen atoms in total. The van der Waals surface area contributed by atoms with E-state index in [0.29, 0.717) is 0 Å². The van der Waals surface area contributed by atoms with E-state index in [0.717, 1.165) is 19.2 Å². The van der Waals surface area contributed by atoms with Crippen LogP contribution in [0.2, 0.25) is 0 Å². The Hall–Kier alpha value is -1.95. The van der Waals surface area contributed by atoms with Gasteiger partial charge in [0.25, 0.3) is 10.9 Å². The fraction of sp³-hybridized carbons (Fsp3) is 0.111. The van der Waals surface area contributed by atoms with Gasteiger partial charge in [0.1, 0.15) is 5.56 Å². The number of ether oxygens (including phenoxy) is 1. The largest absolute Gasteiger partial charge is 0.465 e. The molecule has 0 aromatic heterocycles. The van der Waals surface area contributed by atoms with Crippen molar-refractivity contribution in [2.45, 2.75) is 0 Å². The zero-order valence-electron chi connectivity index (χ0n) is 8.10. The fourth-order valence-electron chi connectivity index (χ4n) is 1.10. The van der Waals surface area contributed by atoms with E-state index < -0.39 is 21.8 Å². The molecule has 0 spiro atoms. The maximum atomic E-state index is 11.1. The third-order valence-electron chi connectivity index (χ3n) is 1.83. The van der Waals surface area contributed by atoms with Crippen LogP contribution in [0.5, 0.6) is 0 Å². The van der Waals surface area contributed by atoms with Crippen molar-refractivity contribution in [2.24, 2.45) is 0 Å². The number of carbonyl (C=O) groups excluding carboxylic acids is 2. The van der Waals surface area contributed by atoms with Crippen molar-refractivity contribution in [3.8, 4) is 0 Å². The lowest BCUT2D eigenvalue weighted by Gasteiger charge is -2.01. The molecule has 0 amide bonds. The topological polar surface area (TPSA) is 86.5 Å². The SMILES string of the molecule is COC(=O)c1ccc([N+](=O)[O-])c(C(=O)Cl)c1. The maximum absolute atomic E-state index is 11.1. The lowest BCUT2D eigenvalue weighted by Crippen LogP contribution is -2.05. The van der Waals surface area contributed by atoms with E-state index >= 15 is 0 Å². The average Bonchev–Trinajstić information content (AvgIpc) is 2.26. The highest BCUT2D eigenvalue weighted by molar-refractivity contribution is 6.68. The minimum Gasteiger partial charge on any atom is -0.465 e. The Morgan fingerprint density at radius 2 is 2.06 bits per heavy atom. The molecule has 16 heavy (non-hydrogen) atoms. The van der Waals surface area contributed by atoms with Gasteiger partial charge in [0.15, 0.2) is 0 Å². The van der Waals surface area contributed by atoms with Gasteiger partial charge in [-0.25, -0.2) is 4.79 Å². The molecule has 84 valence electrons. The van der Waals surface area contributed by atoms with Crippen molar-refractivity contribution in [1.29, 1.82) is 0 Å². The highest BCUT2D eigenvalue weighted by Crippen LogP contribution is 2.22. The van der Waals surface area contributed by atoms with Gasteiger partial charge in [0.05, 0.1) is 17.6 Å². The molecule has 1 aromatic carbocycles. The van der Waals surface area contributed by atoms with Crippen molar-refractivity contribution in [2.75, 3.05) is 7.11 Å². The number of benzene rings is 1. The van der Waals surface area contributed by atoms with Crippen molar-refractivity contribution in [3.05, 3.63) is 39.4 Å². The molecule has 1 aromatic rings. The third kappa shape index (κ3) is 2.34. The summed E-state index contributed by atoms with van der Waals surface area (Å²) < 4.78 is 4.41. The maximum Gasteiger partial charge on any atom is 0.337 e. The van der Waals surface area contributed by atoms with Crippen molar-refractivity contribution >= 4 is 28.5 Å². The van der Waals surface area contributed by atoms with E-state index in [1.54, 1.807) is 0 Å². The first-order chi connectivity index (χ1) is 7.47. The first-order valence-corrected chi connectivity index (χ1v) is 4.41. The zero-order chi connectivity index (χ0) is 12.3. The molecule has 0 atom stereocenters. The molecular weight excluding hydrogens is 238 g/mol. The Bertz CT molecular complexity index is 471. The lowest BCUT2D eigenvalue weighted by atomic mass is 10.1. The van der Waals surface area contributed by atoms with Crippen LogP contribution in [0.4, 0.5) is 5.69 Å². The van der Waals surface area contributed by atoms with Gasteiger partial charge < -0.3 is 4.74 Å². The molecule has 0 bridgehead atoms. The highest BCUT2D eigenvalue weighted by Gasteiger charge is 2.21. The summed E-state index contributed by atoms with van der Waals surface area (Å²) in [4.78, 5) is 31.9. The summed E-state index contributed by atoms with van der Waals surface area (Å²) in [5, 5.41) is 9.55. The van der Waals surface area contributed by atoms with Crippen LogP contribution in [0.1, 0.15) is 20.7 Å². The summed E-state index contributed by atoms with van der Waals surface area (Å²) >= 11 is 5.18. The van der Waals surface area contributed by atoms with Crippen LogP contribution in [-0.2, 0) is 4.74 Å². The standard InChI is InChI=1S/C9H6ClNO5/c1-16-9(13)5-2-3-7(11(14)15)6(4-5)8(10)12/h2-4H,1H3. The molecule has 0 saturated carbocycles. The summed E-state index contributed by atoms with van der Waals surface area (Å²) in [6.45, 7) is 0. The Balaban J connectivity index is 3.34. The number of halogens is 1. The Morgan fingerprint density at radius 3 is 2.50 bits per heavy atom. The summed E-state index contributed by atoms with van der Waals surface area (Å²) in [6, 6.07) is 3.24. The van der Waals surface area contributed by atoms with E-state index in [1.807, 2.05) is 0 Å². The Kier molecular flexibility index (Phi) is 3.57. The summed E-state index contributed by atoms with van der Waals surface area (Å²) in [5.74, 6) is -0.700. The first-order valence-electron chi connectivity index (χ1n) is 4.04. The average molecular weight is 244 g/mol. The van der Waals surface area contributed by atoms with E-state index in [-0.39, 0.29) is 11.1 Å². The second-order valence-corrected chi connectivity index (χ2v) is 3.10. The first kappa shape index (κ1) is 12.1. The molecule has 0 aliphatic rings. The molecule has 0 aliphatic heterocycles. The second-order valence-electron chi connectivity index (χ2n) is 2.75. The number of hydrogen-bond donors (Lipinski definition) is 0. The van der Waals surface area contributed by atoms with Gasteiger partial charge in [-0.3, -0.25) is 14.9 Å². The van der Waals surface area contributed by atoms with Crippen LogP contribution < -0.4 is 0 Å². The predicted octanol–water partition coefficient (Wildman–Crippen LogP) is 1.76. The minimum absolute atomic E-state index is 0.0251. The monoisotopic (exact) mass is 243 g/mol. The van der Waals surface area contributed by atoms with Crippen LogP contribution in [0.25, 0.3) is 0 Å². The normalized spacial score (nSPS) is 9.62. The predicted molar refractivity (Wildman–Crippen MR) is 54.6 cm³/mol. The molecule has 0 fully saturated rings.